The summed E-state index contributed by atoms with van der Waals surface area (Å²) in [5, 5.41) is 0. The van der Waals surface area contributed by atoms with Gasteiger partial charge in [0, 0.05) is 34.6 Å². The van der Waals surface area contributed by atoms with E-state index in [1.807, 2.05) is 84.9 Å². The molecule has 0 aliphatic heterocycles. The van der Waals surface area contributed by atoms with E-state index in [0.29, 0.717) is 11.6 Å². The molecule has 3 aromatic heterocycles. The van der Waals surface area contributed by atoms with Crippen molar-refractivity contribution >= 4 is 5.95 Å². The van der Waals surface area contributed by atoms with Gasteiger partial charge in [-0.05, 0) is 36.4 Å². The van der Waals surface area contributed by atoms with Gasteiger partial charge in [0.2, 0.25) is 5.95 Å². The summed E-state index contributed by atoms with van der Waals surface area (Å²) in [4.78, 5) is 22.3. The number of nitrogens with zero attached hydrogens (tertiary/aromatic N) is 5. The normalized spacial score (nSPS) is 10.7. The molecular formula is C25H18N6. The summed E-state index contributed by atoms with van der Waals surface area (Å²) in [6, 6.07) is 27.5. The largest absolute Gasteiger partial charge is 0.368 e. The number of anilines is 1. The third-order valence-electron chi connectivity index (χ3n) is 4.82. The van der Waals surface area contributed by atoms with E-state index in [1.165, 1.54) is 0 Å². The van der Waals surface area contributed by atoms with Crippen LogP contribution in [0.5, 0.6) is 0 Å². The summed E-state index contributed by atoms with van der Waals surface area (Å²) in [6.45, 7) is 0. The van der Waals surface area contributed by atoms with Crippen molar-refractivity contribution in [1.82, 2.24) is 24.9 Å². The minimum absolute atomic E-state index is 0.173. The maximum absolute atomic E-state index is 6.05. The third kappa shape index (κ3) is 4.00. The predicted molar refractivity (Wildman–Crippen MR) is 122 cm³/mol. The fourth-order valence-corrected chi connectivity index (χ4v) is 3.35. The van der Waals surface area contributed by atoms with Crippen LogP contribution in [0.3, 0.4) is 0 Å². The average Bonchev–Trinajstić information content (AvgIpc) is 2.85. The van der Waals surface area contributed by atoms with Gasteiger partial charge in [0.05, 0.1) is 11.4 Å². The highest BCUT2D eigenvalue weighted by molar-refractivity contribution is 5.71. The zero-order chi connectivity index (χ0) is 21.0. The summed E-state index contributed by atoms with van der Waals surface area (Å²) in [7, 11) is 0. The van der Waals surface area contributed by atoms with Crippen LogP contribution in [0.25, 0.3) is 45.3 Å². The third-order valence-corrected chi connectivity index (χ3v) is 4.82. The first-order valence-electron chi connectivity index (χ1n) is 9.81. The summed E-state index contributed by atoms with van der Waals surface area (Å²) in [5.41, 5.74) is 11.5. The van der Waals surface area contributed by atoms with Crippen LogP contribution in [0.2, 0.25) is 0 Å². The van der Waals surface area contributed by atoms with E-state index >= 15 is 0 Å². The Morgan fingerprint density at radius 3 is 1.42 bits per heavy atom. The van der Waals surface area contributed by atoms with Crippen molar-refractivity contribution in [3.8, 4) is 45.3 Å². The highest BCUT2D eigenvalue weighted by Crippen LogP contribution is 2.27. The molecule has 0 radical (unpaired) electrons. The van der Waals surface area contributed by atoms with Crippen molar-refractivity contribution in [2.75, 3.05) is 5.73 Å². The predicted octanol–water partition coefficient (Wildman–Crippen LogP) is 4.91. The van der Waals surface area contributed by atoms with Gasteiger partial charge in [0.25, 0.3) is 0 Å². The molecule has 2 aromatic carbocycles. The van der Waals surface area contributed by atoms with Crippen LogP contribution in [-0.2, 0) is 0 Å². The number of hydrogen-bond acceptors (Lipinski definition) is 6. The van der Waals surface area contributed by atoms with E-state index in [1.54, 1.807) is 12.4 Å². The van der Waals surface area contributed by atoms with Crippen molar-refractivity contribution in [3.05, 3.63) is 97.3 Å². The Labute approximate surface area is 179 Å². The summed E-state index contributed by atoms with van der Waals surface area (Å²) in [6.07, 6.45) is 3.55. The Bertz CT molecular complexity index is 1240. The van der Waals surface area contributed by atoms with E-state index < -0.39 is 0 Å². The van der Waals surface area contributed by atoms with Gasteiger partial charge in [0.1, 0.15) is 0 Å². The molecule has 0 aliphatic carbocycles. The van der Waals surface area contributed by atoms with Gasteiger partial charge < -0.3 is 5.73 Å². The maximum Gasteiger partial charge on any atom is 0.224 e. The summed E-state index contributed by atoms with van der Waals surface area (Å²) < 4.78 is 0. The number of nitrogen functional groups attached to an aromatic ring is 1. The smallest absolute Gasteiger partial charge is 0.224 e. The Morgan fingerprint density at radius 1 is 0.484 bits per heavy atom. The molecule has 0 saturated carbocycles. The molecule has 0 aliphatic rings. The Kier molecular flexibility index (Phi) is 4.86. The van der Waals surface area contributed by atoms with Crippen molar-refractivity contribution in [2.45, 2.75) is 0 Å². The quantitative estimate of drug-likeness (QED) is 0.459. The van der Waals surface area contributed by atoms with Crippen LogP contribution in [0, 0.1) is 0 Å². The van der Waals surface area contributed by atoms with E-state index in [0.717, 1.165) is 33.6 Å². The number of nitrogens with two attached hydrogens (primary N) is 1. The molecule has 0 atom stereocenters. The van der Waals surface area contributed by atoms with Crippen LogP contribution in [0.1, 0.15) is 0 Å². The van der Waals surface area contributed by atoms with E-state index in [-0.39, 0.29) is 5.95 Å². The lowest BCUT2D eigenvalue weighted by Gasteiger charge is -2.08. The molecule has 2 N–H and O–H groups in total. The molecule has 6 nitrogen and oxygen atoms in total. The maximum atomic E-state index is 6.05. The van der Waals surface area contributed by atoms with E-state index in [2.05, 4.69) is 19.9 Å². The fourth-order valence-electron chi connectivity index (χ4n) is 3.35. The molecule has 0 fully saturated rings. The van der Waals surface area contributed by atoms with Crippen molar-refractivity contribution in [3.63, 3.8) is 0 Å². The molecule has 0 unspecified atom stereocenters. The second-order valence-corrected chi connectivity index (χ2v) is 6.93. The van der Waals surface area contributed by atoms with Gasteiger partial charge in [-0.1, -0.05) is 48.5 Å². The van der Waals surface area contributed by atoms with Gasteiger partial charge in [0.15, 0.2) is 11.6 Å². The molecule has 148 valence electrons. The summed E-state index contributed by atoms with van der Waals surface area (Å²) in [5.74, 6) is 1.21. The Balaban J connectivity index is 1.56. The second kappa shape index (κ2) is 8.12. The number of pyridine rings is 2. The number of benzene rings is 2. The van der Waals surface area contributed by atoms with E-state index in [9.17, 15) is 0 Å². The number of aromatic nitrogens is 5. The zero-order valence-electron chi connectivity index (χ0n) is 16.6. The molecular weight excluding hydrogens is 384 g/mol. The van der Waals surface area contributed by atoms with Crippen LogP contribution in [0.15, 0.2) is 97.3 Å². The van der Waals surface area contributed by atoms with Gasteiger partial charge >= 0.3 is 0 Å². The summed E-state index contributed by atoms with van der Waals surface area (Å²) >= 11 is 0. The van der Waals surface area contributed by atoms with Crippen molar-refractivity contribution in [1.29, 1.82) is 0 Å². The molecule has 5 rings (SSSR count). The van der Waals surface area contributed by atoms with Crippen LogP contribution < -0.4 is 5.73 Å². The molecule has 0 bridgehead atoms. The van der Waals surface area contributed by atoms with Gasteiger partial charge in [-0.15, -0.1) is 0 Å². The average molecular weight is 402 g/mol. The standard InChI is InChI=1S/C25H18N6/c26-25-30-23(19-9-5-7-17(15-19)21-11-1-3-13-27-21)29-24(31-25)20-10-6-8-18(16-20)22-12-2-4-14-28-22/h1-16H,(H2,26,29,30,31). The SMILES string of the molecule is Nc1nc(-c2cccc(-c3ccccn3)c2)nc(-c2cccc(-c3ccccn3)c2)n1. The Morgan fingerprint density at radius 2 is 0.968 bits per heavy atom. The highest BCUT2D eigenvalue weighted by Gasteiger charge is 2.11. The first kappa shape index (κ1) is 18.6. The minimum Gasteiger partial charge on any atom is -0.368 e. The molecule has 6 heteroatoms. The van der Waals surface area contributed by atoms with Gasteiger partial charge in [-0.3, -0.25) is 9.97 Å². The Hall–Kier alpha value is -4.45. The monoisotopic (exact) mass is 402 g/mol. The lowest BCUT2D eigenvalue weighted by atomic mass is 10.1. The minimum atomic E-state index is 0.173. The first-order valence-corrected chi connectivity index (χ1v) is 9.81. The molecule has 0 amide bonds. The van der Waals surface area contributed by atoms with Crippen molar-refractivity contribution in [2.24, 2.45) is 0 Å². The van der Waals surface area contributed by atoms with Crippen LogP contribution in [-0.4, -0.2) is 24.9 Å². The topological polar surface area (TPSA) is 90.5 Å². The molecule has 3 heterocycles. The molecule has 0 saturated heterocycles. The molecule has 31 heavy (non-hydrogen) atoms. The van der Waals surface area contributed by atoms with Crippen LogP contribution in [0.4, 0.5) is 5.95 Å². The number of hydrogen-bond donors (Lipinski definition) is 1. The fraction of sp³-hybridized carbons (Fsp3) is 0. The lowest BCUT2D eigenvalue weighted by molar-refractivity contribution is 1.08. The molecule has 0 spiro atoms. The number of rotatable bonds is 4. The first-order chi connectivity index (χ1) is 15.3. The molecule has 5 aromatic rings. The van der Waals surface area contributed by atoms with Gasteiger partial charge in [-0.25, -0.2) is 4.98 Å². The lowest BCUT2D eigenvalue weighted by Crippen LogP contribution is -2.02. The zero-order valence-corrected chi connectivity index (χ0v) is 16.6. The van der Waals surface area contributed by atoms with Crippen molar-refractivity contribution < 1.29 is 0 Å². The van der Waals surface area contributed by atoms with Gasteiger partial charge in [-0.2, -0.15) is 9.97 Å². The van der Waals surface area contributed by atoms with E-state index in [4.69, 9.17) is 10.7 Å². The van der Waals surface area contributed by atoms with Crippen LogP contribution >= 0.6 is 0 Å². The highest BCUT2D eigenvalue weighted by atomic mass is 15.1. The second-order valence-electron chi connectivity index (χ2n) is 6.93.